The van der Waals surface area contributed by atoms with Crippen molar-refractivity contribution in [2.45, 2.75) is 46.1 Å². The van der Waals surface area contributed by atoms with Crippen molar-refractivity contribution in [3.05, 3.63) is 35.4 Å². The van der Waals surface area contributed by atoms with Gasteiger partial charge >= 0.3 is 0 Å². The number of unbranched alkanes of at least 4 members (excludes halogenated alkanes) is 1. The zero-order chi connectivity index (χ0) is 14.1. The van der Waals surface area contributed by atoms with Crippen molar-refractivity contribution in [1.82, 2.24) is 10.6 Å². The summed E-state index contributed by atoms with van der Waals surface area (Å²) in [5, 5.41) is 6.16. The molecule has 0 aromatic heterocycles. The molecule has 1 unspecified atom stereocenters. The highest BCUT2D eigenvalue weighted by molar-refractivity contribution is 5.77. The molecule has 1 amide bonds. The van der Waals surface area contributed by atoms with Crippen LogP contribution in [0.2, 0.25) is 0 Å². The van der Waals surface area contributed by atoms with Gasteiger partial charge in [-0.1, -0.05) is 44.5 Å². The molecule has 1 aromatic rings. The van der Waals surface area contributed by atoms with Gasteiger partial charge in [0.05, 0.1) is 6.54 Å². The van der Waals surface area contributed by atoms with Crippen LogP contribution >= 0.6 is 0 Å². The quantitative estimate of drug-likeness (QED) is 0.707. The summed E-state index contributed by atoms with van der Waals surface area (Å²) in [6, 6.07) is 8.75. The van der Waals surface area contributed by atoms with Gasteiger partial charge < -0.3 is 10.6 Å². The fourth-order valence-corrected chi connectivity index (χ4v) is 1.87. The number of amides is 1. The Morgan fingerprint density at radius 2 is 1.89 bits per heavy atom. The summed E-state index contributed by atoms with van der Waals surface area (Å²) in [6.45, 7) is 7.50. The SMILES string of the molecule is CCCCNC(=O)CNC(C)c1ccc(CC)cc1. The summed E-state index contributed by atoms with van der Waals surface area (Å²) in [6.07, 6.45) is 3.20. The highest BCUT2D eigenvalue weighted by Crippen LogP contribution is 2.13. The van der Waals surface area contributed by atoms with E-state index in [0.717, 1.165) is 25.8 Å². The fraction of sp³-hybridized carbons (Fsp3) is 0.562. The van der Waals surface area contributed by atoms with Crippen molar-refractivity contribution in [3.8, 4) is 0 Å². The van der Waals surface area contributed by atoms with Gasteiger partial charge in [0.15, 0.2) is 0 Å². The van der Waals surface area contributed by atoms with Gasteiger partial charge in [0.1, 0.15) is 0 Å². The van der Waals surface area contributed by atoms with Crippen LogP contribution in [0.4, 0.5) is 0 Å². The third-order valence-electron chi connectivity index (χ3n) is 3.31. The number of carbonyl (C=O) groups excluding carboxylic acids is 1. The standard InChI is InChI=1S/C16H26N2O/c1-4-6-11-17-16(19)12-18-13(3)15-9-7-14(5-2)8-10-15/h7-10,13,18H,4-6,11-12H2,1-3H3,(H,17,19). The molecule has 0 heterocycles. The second-order valence-corrected chi connectivity index (χ2v) is 4.90. The lowest BCUT2D eigenvalue weighted by Gasteiger charge is -2.14. The van der Waals surface area contributed by atoms with E-state index in [2.05, 4.69) is 55.7 Å². The first-order valence-electron chi connectivity index (χ1n) is 7.26. The maximum Gasteiger partial charge on any atom is 0.233 e. The first kappa shape index (κ1) is 15.7. The number of hydrogen-bond donors (Lipinski definition) is 2. The van der Waals surface area contributed by atoms with E-state index in [1.54, 1.807) is 0 Å². The van der Waals surface area contributed by atoms with Crippen LogP contribution in [0.5, 0.6) is 0 Å². The van der Waals surface area contributed by atoms with Crippen LogP contribution in [0.3, 0.4) is 0 Å². The van der Waals surface area contributed by atoms with Crippen molar-refractivity contribution >= 4 is 5.91 Å². The largest absolute Gasteiger partial charge is 0.355 e. The summed E-state index contributed by atoms with van der Waals surface area (Å²) in [5.74, 6) is 0.0745. The highest BCUT2D eigenvalue weighted by Gasteiger charge is 2.07. The molecule has 1 aromatic carbocycles. The number of benzene rings is 1. The maximum absolute atomic E-state index is 11.6. The zero-order valence-corrected chi connectivity index (χ0v) is 12.3. The van der Waals surface area contributed by atoms with Crippen LogP contribution in [0, 0.1) is 0 Å². The van der Waals surface area contributed by atoms with E-state index < -0.39 is 0 Å². The maximum atomic E-state index is 11.6. The highest BCUT2D eigenvalue weighted by atomic mass is 16.1. The first-order chi connectivity index (χ1) is 9.17. The Labute approximate surface area is 116 Å². The molecule has 0 fully saturated rings. The Balaban J connectivity index is 2.33. The Kier molecular flexibility index (Phi) is 7.19. The average molecular weight is 262 g/mol. The molecular formula is C16H26N2O. The molecule has 0 aliphatic heterocycles. The molecular weight excluding hydrogens is 236 g/mol. The van der Waals surface area contributed by atoms with E-state index in [9.17, 15) is 4.79 Å². The van der Waals surface area contributed by atoms with Crippen LogP contribution in [-0.2, 0) is 11.2 Å². The summed E-state index contributed by atoms with van der Waals surface area (Å²) in [4.78, 5) is 11.6. The Morgan fingerprint density at radius 3 is 2.47 bits per heavy atom. The van der Waals surface area contributed by atoms with Crippen LogP contribution in [-0.4, -0.2) is 19.0 Å². The number of carbonyl (C=O) groups is 1. The topological polar surface area (TPSA) is 41.1 Å². The lowest BCUT2D eigenvalue weighted by Crippen LogP contribution is -2.35. The minimum absolute atomic E-state index is 0.0745. The molecule has 0 aliphatic rings. The number of hydrogen-bond acceptors (Lipinski definition) is 2. The lowest BCUT2D eigenvalue weighted by atomic mass is 10.1. The van der Waals surface area contributed by atoms with Crippen LogP contribution in [0.15, 0.2) is 24.3 Å². The number of rotatable bonds is 8. The van der Waals surface area contributed by atoms with Crippen molar-refractivity contribution < 1.29 is 4.79 Å². The van der Waals surface area contributed by atoms with Crippen LogP contribution < -0.4 is 10.6 Å². The molecule has 0 spiro atoms. The third kappa shape index (κ3) is 5.88. The summed E-state index contributed by atoms with van der Waals surface area (Å²) in [7, 11) is 0. The van der Waals surface area contributed by atoms with Crippen LogP contribution in [0.25, 0.3) is 0 Å². The minimum atomic E-state index is 0.0745. The molecule has 0 saturated carbocycles. The molecule has 1 atom stereocenters. The number of aryl methyl sites for hydroxylation is 1. The molecule has 0 saturated heterocycles. The van der Waals surface area contributed by atoms with Crippen molar-refractivity contribution in [2.75, 3.05) is 13.1 Å². The lowest BCUT2D eigenvalue weighted by molar-refractivity contribution is -0.120. The van der Waals surface area contributed by atoms with E-state index in [1.807, 2.05) is 0 Å². The van der Waals surface area contributed by atoms with Gasteiger partial charge in [-0.05, 0) is 30.9 Å². The van der Waals surface area contributed by atoms with Crippen LogP contribution in [0.1, 0.15) is 50.8 Å². The van der Waals surface area contributed by atoms with Gasteiger partial charge in [0.2, 0.25) is 5.91 Å². The smallest absolute Gasteiger partial charge is 0.233 e. The number of nitrogens with one attached hydrogen (secondary N) is 2. The Morgan fingerprint density at radius 1 is 1.21 bits per heavy atom. The van der Waals surface area contributed by atoms with Gasteiger partial charge in [-0.25, -0.2) is 0 Å². The fourth-order valence-electron chi connectivity index (χ4n) is 1.87. The Hall–Kier alpha value is -1.35. The molecule has 3 nitrogen and oxygen atoms in total. The van der Waals surface area contributed by atoms with E-state index in [4.69, 9.17) is 0 Å². The second-order valence-electron chi connectivity index (χ2n) is 4.90. The van der Waals surface area contributed by atoms with Gasteiger partial charge in [0.25, 0.3) is 0 Å². The summed E-state index contributed by atoms with van der Waals surface area (Å²) >= 11 is 0. The van der Waals surface area contributed by atoms with Gasteiger partial charge in [-0.3, -0.25) is 4.79 Å². The average Bonchev–Trinajstić information content (AvgIpc) is 2.45. The molecule has 0 aliphatic carbocycles. The molecule has 3 heteroatoms. The molecule has 1 rings (SSSR count). The van der Waals surface area contributed by atoms with E-state index in [0.29, 0.717) is 6.54 Å². The van der Waals surface area contributed by atoms with E-state index in [1.165, 1.54) is 11.1 Å². The van der Waals surface area contributed by atoms with Crippen molar-refractivity contribution in [3.63, 3.8) is 0 Å². The zero-order valence-electron chi connectivity index (χ0n) is 12.3. The summed E-state index contributed by atoms with van der Waals surface area (Å²) in [5.41, 5.74) is 2.56. The molecule has 106 valence electrons. The van der Waals surface area contributed by atoms with Gasteiger partial charge in [-0.2, -0.15) is 0 Å². The predicted molar refractivity (Wildman–Crippen MR) is 80.2 cm³/mol. The minimum Gasteiger partial charge on any atom is -0.355 e. The third-order valence-corrected chi connectivity index (χ3v) is 3.31. The first-order valence-corrected chi connectivity index (χ1v) is 7.26. The molecule has 0 bridgehead atoms. The van der Waals surface area contributed by atoms with Gasteiger partial charge in [-0.15, -0.1) is 0 Å². The normalized spacial score (nSPS) is 12.2. The summed E-state index contributed by atoms with van der Waals surface area (Å²) < 4.78 is 0. The molecule has 2 N–H and O–H groups in total. The Bertz CT molecular complexity index is 373. The van der Waals surface area contributed by atoms with Gasteiger partial charge in [0, 0.05) is 12.6 Å². The van der Waals surface area contributed by atoms with E-state index >= 15 is 0 Å². The monoisotopic (exact) mass is 262 g/mol. The molecule has 19 heavy (non-hydrogen) atoms. The molecule has 0 radical (unpaired) electrons. The van der Waals surface area contributed by atoms with E-state index in [-0.39, 0.29) is 11.9 Å². The van der Waals surface area contributed by atoms with Crippen molar-refractivity contribution in [2.24, 2.45) is 0 Å². The van der Waals surface area contributed by atoms with Crippen molar-refractivity contribution in [1.29, 1.82) is 0 Å². The second kappa shape index (κ2) is 8.70. The predicted octanol–water partition coefficient (Wildman–Crippen LogP) is 2.82.